The van der Waals surface area contributed by atoms with Crippen LogP contribution < -0.4 is 20.3 Å². The van der Waals surface area contributed by atoms with Crippen LogP contribution in [0, 0.1) is 5.92 Å². The van der Waals surface area contributed by atoms with Crippen LogP contribution in [0.25, 0.3) is 0 Å². The Bertz CT molecular complexity index is 994. The Morgan fingerprint density at radius 3 is 2.57 bits per heavy atom. The fraction of sp³-hybridized carbons (Fsp3) is 0.600. The van der Waals surface area contributed by atoms with Gasteiger partial charge in [0.25, 0.3) is 0 Å². The maximum atomic E-state index is 12.7. The summed E-state index contributed by atoms with van der Waals surface area (Å²) in [6.45, 7) is 1.09. The lowest BCUT2D eigenvalue weighted by Crippen LogP contribution is -2.38. The van der Waals surface area contributed by atoms with Crippen LogP contribution in [0.4, 0.5) is 24.9 Å². The van der Waals surface area contributed by atoms with E-state index in [1.54, 1.807) is 12.1 Å². The van der Waals surface area contributed by atoms with E-state index in [-0.39, 0.29) is 5.75 Å². The molecule has 192 valence electrons. The number of rotatable bonds is 8. The average Bonchev–Trinajstić information content (AvgIpc) is 2.83. The zero-order chi connectivity index (χ0) is 25.0. The number of anilines is 2. The van der Waals surface area contributed by atoms with Crippen molar-refractivity contribution >= 4 is 27.7 Å². The third-order valence-electron chi connectivity index (χ3n) is 7.09. The molecule has 0 aliphatic heterocycles. The first-order valence-electron chi connectivity index (χ1n) is 12.3. The van der Waals surface area contributed by atoms with Crippen LogP contribution in [-0.2, 0) is 19.4 Å². The predicted molar refractivity (Wildman–Crippen MR) is 135 cm³/mol. The zero-order valence-corrected chi connectivity index (χ0v) is 21.8. The SMILES string of the molecule is CNc1nc(N(C)C2CCC(CNCc3ccc(Br)cc3OC(F)(F)F)CC2)nc2c1CCCC2. The molecule has 0 saturated heterocycles. The summed E-state index contributed by atoms with van der Waals surface area (Å²) >= 11 is 3.21. The van der Waals surface area contributed by atoms with Crippen LogP contribution in [0.1, 0.15) is 55.3 Å². The Labute approximate surface area is 213 Å². The minimum Gasteiger partial charge on any atom is -0.405 e. The summed E-state index contributed by atoms with van der Waals surface area (Å²) in [5, 5.41) is 6.59. The van der Waals surface area contributed by atoms with Crippen LogP contribution in [0.2, 0.25) is 0 Å². The molecule has 2 aromatic rings. The standard InChI is InChI=1S/C25H33BrF3N5O/c1-30-23-20-5-3-4-6-21(20)32-24(33-23)34(2)19-11-7-16(8-12-19)14-31-15-17-9-10-18(26)13-22(17)35-25(27,28)29/h9-10,13,16,19,31H,3-8,11-12,14-15H2,1-2H3,(H,30,32,33). The Kier molecular flexibility index (Phi) is 8.42. The first kappa shape index (κ1) is 26.0. The summed E-state index contributed by atoms with van der Waals surface area (Å²) in [5.41, 5.74) is 2.93. The van der Waals surface area contributed by atoms with E-state index >= 15 is 0 Å². The van der Waals surface area contributed by atoms with Gasteiger partial charge in [-0.15, -0.1) is 13.2 Å². The Hall–Kier alpha value is -2.07. The molecule has 10 heteroatoms. The maximum Gasteiger partial charge on any atom is 0.573 e. The third-order valence-corrected chi connectivity index (χ3v) is 7.58. The maximum absolute atomic E-state index is 12.7. The van der Waals surface area contributed by atoms with E-state index in [2.05, 4.69) is 43.2 Å². The van der Waals surface area contributed by atoms with Gasteiger partial charge in [-0.2, -0.15) is 4.98 Å². The largest absolute Gasteiger partial charge is 0.573 e. The molecule has 0 radical (unpaired) electrons. The Balaban J connectivity index is 1.29. The van der Waals surface area contributed by atoms with Gasteiger partial charge in [-0.05, 0) is 76.0 Å². The lowest BCUT2D eigenvalue weighted by molar-refractivity contribution is -0.274. The van der Waals surface area contributed by atoms with Gasteiger partial charge in [-0.1, -0.05) is 22.0 Å². The van der Waals surface area contributed by atoms with Gasteiger partial charge in [-0.25, -0.2) is 4.98 Å². The second kappa shape index (κ2) is 11.3. The van der Waals surface area contributed by atoms with E-state index < -0.39 is 6.36 Å². The molecule has 0 spiro atoms. The van der Waals surface area contributed by atoms with Crippen molar-refractivity contribution in [2.75, 3.05) is 30.9 Å². The van der Waals surface area contributed by atoms with E-state index in [4.69, 9.17) is 9.97 Å². The first-order chi connectivity index (χ1) is 16.7. The van der Waals surface area contributed by atoms with Crippen LogP contribution in [0.3, 0.4) is 0 Å². The Morgan fingerprint density at radius 2 is 1.86 bits per heavy atom. The highest BCUT2D eigenvalue weighted by atomic mass is 79.9. The minimum atomic E-state index is -4.71. The minimum absolute atomic E-state index is 0.171. The number of aryl methyl sites for hydroxylation is 1. The summed E-state index contributed by atoms with van der Waals surface area (Å²) < 4.78 is 43.0. The lowest BCUT2D eigenvalue weighted by Gasteiger charge is -2.35. The molecule has 35 heavy (non-hydrogen) atoms. The molecule has 1 fully saturated rings. The number of hydrogen-bond donors (Lipinski definition) is 2. The van der Waals surface area contributed by atoms with Gasteiger partial charge in [0.05, 0.1) is 5.69 Å². The number of benzene rings is 1. The molecule has 2 aliphatic carbocycles. The van der Waals surface area contributed by atoms with E-state index in [0.717, 1.165) is 56.8 Å². The van der Waals surface area contributed by atoms with E-state index in [0.29, 0.717) is 28.5 Å². The first-order valence-corrected chi connectivity index (χ1v) is 13.1. The molecule has 0 unspecified atom stereocenters. The summed E-state index contributed by atoms with van der Waals surface area (Å²) in [4.78, 5) is 11.9. The molecule has 2 N–H and O–H groups in total. The monoisotopic (exact) mass is 555 g/mol. The number of fused-ring (bicyclic) bond motifs is 1. The lowest BCUT2D eigenvalue weighted by atomic mass is 9.85. The molecule has 0 bridgehead atoms. The quantitative estimate of drug-likeness (QED) is 0.426. The smallest absolute Gasteiger partial charge is 0.405 e. The van der Waals surface area contributed by atoms with Crippen LogP contribution in [0.5, 0.6) is 5.75 Å². The normalized spacial score (nSPS) is 20.3. The van der Waals surface area contributed by atoms with Crippen LogP contribution >= 0.6 is 15.9 Å². The van der Waals surface area contributed by atoms with Gasteiger partial charge in [0, 0.05) is 42.3 Å². The zero-order valence-electron chi connectivity index (χ0n) is 20.2. The van der Waals surface area contributed by atoms with Crippen molar-refractivity contribution in [2.24, 2.45) is 5.92 Å². The molecule has 1 heterocycles. The van der Waals surface area contributed by atoms with Gasteiger partial charge >= 0.3 is 6.36 Å². The molecule has 1 aromatic heterocycles. The summed E-state index contributed by atoms with van der Waals surface area (Å²) in [5.74, 6) is 2.07. The number of ether oxygens (including phenoxy) is 1. The predicted octanol–water partition coefficient (Wildman–Crippen LogP) is 5.84. The second-order valence-electron chi connectivity index (χ2n) is 9.47. The molecule has 0 amide bonds. The summed E-state index contributed by atoms with van der Waals surface area (Å²) in [6.07, 6.45) is 3.90. The number of aromatic nitrogens is 2. The second-order valence-corrected chi connectivity index (χ2v) is 10.4. The van der Waals surface area contributed by atoms with Gasteiger partial charge < -0.3 is 20.3 Å². The fourth-order valence-electron chi connectivity index (χ4n) is 5.15. The number of nitrogens with one attached hydrogen (secondary N) is 2. The molecule has 2 aliphatic rings. The molecule has 0 atom stereocenters. The van der Waals surface area contributed by atoms with E-state index in [1.165, 1.54) is 30.2 Å². The van der Waals surface area contributed by atoms with Crippen molar-refractivity contribution in [3.8, 4) is 5.75 Å². The highest BCUT2D eigenvalue weighted by Crippen LogP contribution is 2.32. The number of hydrogen-bond acceptors (Lipinski definition) is 6. The average molecular weight is 556 g/mol. The van der Waals surface area contributed by atoms with Gasteiger partial charge in [-0.3, -0.25) is 0 Å². The van der Waals surface area contributed by atoms with Crippen LogP contribution in [0.15, 0.2) is 22.7 Å². The molecule has 6 nitrogen and oxygen atoms in total. The van der Waals surface area contributed by atoms with Crippen molar-refractivity contribution in [2.45, 2.75) is 70.3 Å². The van der Waals surface area contributed by atoms with Gasteiger partial charge in [0.1, 0.15) is 11.6 Å². The van der Waals surface area contributed by atoms with Crippen molar-refractivity contribution in [1.82, 2.24) is 15.3 Å². The van der Waals surface area contributed by atoms with Gasteiger partial charge in [0.2, 0.25) is 5.95 Å². The van der Waals surface area contributed by atoms with Crippen molar-refractivity contribution in [1.29, 1.82) is 0 Å². The fourth-order valence-corrected chi connectivity index (χ4v) is 5.49. The van der Waals surface area contributed by atoms with Crippen LogP contribution in [-0.4, -0.2) is 43.0 Å². The van der Waals surface area contributed by atoms with Crippen molar-refractivity contribution in [3.05, 3.63) is 39.5 Å². The number of halogens is 4. The molecular formula is C25H33BrF3N5O. The Morgan fingerprint density at radius 1 is 1.11 bits per heavy atom. The molecule has 1 saturated carbocycles. The molecule has 4 rings (SSSR count). The number of alkyl halides is 3. The van der Waals surface area contributed by atoms with E-state index in [1.807, 2.05) is 7.05 Å². The van der Waals surface area contributed by atoms with Crippen molar-refractivity contribution < 1.29 is 17.9 Å². The highest BCUT2D eigenvalue weighted by molar-refractivity contribution is 9.10. The molecule has 1 aromatic carbocycles. The van der Waals surface area contributed by atoms with E-state index in [9.17, 15) is 13.2 Å². The van der Waals surface area contributed by atoms with Gasteiger partial charge in [0.15, 0.2) is 0 Å². The summed E-state index contributed by atoms with van der Waals surface area (Å²) in [7, 11) is 4.01. The number of nitrogens with zero attached hydrogens (tertiary/aromatic N) is 3. The highest BCUT2D eigenvalue weighted by Gasteiger charge is 2.32. The summed E-state index contributed by atoms with van der Waals surface area (Å²) in [6, 6.07) is 5.12. The molecular weight excluding hydrogens is 523 g/mol. The third kappa shape index (κ3) is 6.78. The van der Waals surface area contributed by atoms with Crippen molar-refractivity contribution in [3.63, 3.8) is 0 Å². The topological polar surface area (TPSA) is 62.3 Å².